The third kappa shape index (κ3) is 5.96. The highest BCUT2D eigenvalue weighted by Crippen LogP contribution is 2.24. The van der Waals surface area contributed by atoms with Gasteiger partial charge in [0.1, 0.15) is 0 Å². The molecule has 1 aromatic carbocycles. The standard InChI is InChI=1S/C12H15Cl2N3O2.ClH/c1-17(12(19)4-5-15)7-11(18)16-8-2-3-9(13)10(14)6-8;/h2-3,6H,4-5,7,15H2,1H3,(H,16,18);1H. The van der Waals surface area contributed by atoms with Gasteiger partial charge in [0.15, 0.2) is 0 Å². The number of amides is 2. The average Bonchev–Trinajstić information content (AvgIpc) is 2.34. The Labute approximate surface area is 133 Å². The monoisotopic (exact) mass is 339 g/mol. The fraction of sp³-hybridized carbons (Fsp3) is 0.333. The van der Waals surface area contributed by atoms with Crippen molar-refractivity contribution in [3.63, 3.8) is 0 Å². The second kappa shape index (κ2) is 9.02. The molecular formula is C12H16Cl3N3O2. The summed E-state index contributed by atoms with van der Waals surface area (Å²) >= 11 is 11.6. The van der Waals surface area contributed by atoms with Crippen molar-refractivity contribution in [2.45, 2.75) is 6.42 Å². The summed E-state index contributed by atoms with van der Waals surface area (Å²) in [7, 11) is 1.55. The lowest BCUT2D eigenvalue weighted by molar-refractivity contribution is -0.133. The van der Waals surface area contributed by atoms with Crippen molar-refractivity contribution >= 4 is 53.1 Å². The summed E-state index contributed by atoms with van der Waals surface area (Å²) in [6.45, 7) is 0.219. The molecule has 0 saturated heterocycles. The van der Waals surface area contributed by atoms with E-state index in [0.717, 1.165) is 0 Å². The summed E-state index contributed by atoms with van der Waals surface area (Å²) in [6, 6.07) is 4.76. The number of likely N-dealkylation sites (N-methyl/N-ethyl adjacent to an activating group) is 1. The number of hydrogen-bond donors (Lipinski definition) is 2. The van der Waals surface area contributed by atoms with Gasteiger partial charge in [0.05, 0.1) is 16.6 Å². The maximum atomic E-state index is 11.7. The van der Waals surface area contributed by atoms with Gasteiger partial charge in [0.2, 0.25) is 11.8 Å². The number of nitrogens with zero attached hydrogens (tertiary/aromatic N) is 1. The minimum atomic E-state index is -0.314. The van der Waals surface area contributed by atoms with Crippen LogP contribution in [-0.4, -0.2) is 36.9 Å². The van der Waals surface area contributed by atoms with Crippen LogP contribution in [0.3, 0.4) is 0 Å². The van der Waals surface area contributed by atoms with E-state index < -0.39 is 0 Å². The summed E-state index contributed by atoms with van der Waals surface area (Å²) in [5.74, 6) is -0.488. The van der Waals surface area contributed by atoms with Crippen molar-refractivity contribution < 1.29 is 9.59 Å². The molecule has 0 unspecified atom stereocenters. The molecule has 8 heteroatoms. The minimum Gasteiger partial charge on any atom is -0.336 e. The molecule has 0 radical (unpaired) electrons. The van der Waals surface area contributed by atoms with Crippen molar-refractivity contribution in [2.24, 2.45) is 5.73 Å². The highest BCUT2D eigenvalue weighted by atomic mass is 35.5. The normalized spacial score (nSPS) is 9.60. The molecule has 0 bridgehead atoms. The fourth-order valence-electron chi connectivity index (χ4n) is 1.39. The lowest BCUT2D eigenvalue weighted by atomic mass is 10.3. The zero-order valence-corrected chi connectivity index (χ0v) is 13.2. The van der Waals surface area contributed by atoms with E-state index in [1.54, 1.807) is 25.2 Å². The molecule has 0 atom stereocenters. The molecule has 3 N–H and O–H groups in total. The molecule has 20 heavy (non-hydrogen) atoms. The molecule has 5 nitrogen and oxygen atoms in total. The number of nitrogens with one attached hydrogen (secondary N) is 1. The maximum Gasteiger partial charge on any atom is 0.243 e. The number of halogens is 3. The van der Waals surface area contributed by atoms with Gasteiger partial charge in [-0.25, -0.2) is 0 Å². The maximum absolute atomic E-state index is 11.7. The SMILES string of the molecule is CN(CC(=O)Nc1ccc(Cl)c(Cl)c1)C(=O)CCN.Cl. The smallest absolute Gasteiger partial charge is 0.243 e. The predicted molar refractivity (Wildman–Crippen MR) is 83.6 cm³/mol. The number of rotatable bonds is 5. The van der Waals surface area contributed by atoms with Gasteiger partial charge in [0.25, 0.3) is 0 Å². The third-order valence-electron chi connectivity index (χ3n) is 2.37. The Hall–Kier alpha value is -1.01. The average molecular weight is 341 g/mol. The van der Waals surface area contributed by atoms with Gasteiger partial charge in [0, 0.05) is 25.7 Å². The Bertz CT molecular complexity index is 483. The molecule has 0 aromatic heterocycles. The number of nitrogens with two attached hydrogens (primary N) is 1. The number of carbonyl (C=O) groups excluding carboxylic acids is 2. The van der Waals surface area contributed by atoms with E-state index in [4.69, 9.17) is 28.9 Å². The summed E-state index contributed by atoms with van der Waals surface area (Å²) in [6.07, 6.45) is 0.219. The van der Waals surface area contributed by atoms with Gasteiger partial charge >= 0.3 is 0 Å². The van der Waals surface area contributed by atoms with Crippen molar-refractivity contribution in [1.82, 2.24) is 4.90 Å². The molecule has 2 amide bonds. The first-order valence-electron chi connectivity index (χ1n) is 5.63. The Kier molecular flexibility index (Phi) is 8.57. The number of benzene rings is 1. The number of anilines is 1. The van der Waals surface area contributed by atoms with Gasteiger partial charge in [-0.1, -0.05) is 23.2 Å². The van der Waals surface area contributed by atoms with Crippen LogP contribution in [-0.2, 0) is 9.59 Å². The minimum absolute atomic E-state index is 0. The van der Waals surface area contributed by atoms with E-state index in [0.29, 0.717) is 15.7 Å². The van der Waals surface area contributed by atoms with Crippen LogP contribution in [0.1, 0.15) is 6.42 Å². The van der Waals surface area contributed by atoms with Gasteiger partial charge in [-0.05, 0) is 18.2 Å². The molecule has 0 fully saturated rings. The Balaban J connectivity index is 0.00000361. The van der Waals surface area contributed by atoms with Crippen LogP contribution in [0.15, 0.2) is 18.2 Å². The molecule has 0 spiro atoms. The Morgan fingerprint density at radius 2 is 1.95 bits per heavy atom. The van der Waals surface area contributed by atoms with E-state index in [1.165, 1.54) is 4.90 Å². The van der Waals surface area contributed by atoms with Crippen molar-refractivity contribution in [3.05, 3.63) is 28.2 Å². The van der Waals surface area contributed by atoms with Crippen LogP contribution in [0.2, 0.25) is 10.0 Å². The van der Waals surface area contributed by atoms with Crippen molar-refractivity contribution in [3.8, 4) is 0 Å². The zero-order chi connectivity index (χ0) is 14.4. The van der Waals surface area contributed by atoms with Crippen molar-refractivity contribution in [2.75, 3.05) is 25.5 Å². The van der Waals surface area contributed by atoms with Gasteiger partial charge < -0.3 is 16.0 Å². The van der Waals surface area contributed by atoms with E-state index >= 15 is 0 Å². The van der Waals surface area contributed by atoms with E-state index in [1.807, 2.05) is 0 Å². The van der Waals surface area contributed by atoms with Gasteiger partial charge in [-0.3, -0.25) is 9.59 Å². The first-order valence-corrected chi connectivity index (χ1v) is 6.38. The first-order chi connectivity index (χ1) is 8.93. The number of carbonyl (C=O) groups is 2. The molecule has 0 aliphatic heterocycles. The molecule has 1 rings (SSSR count). The highest BCUT2D eigenvalue weighted by Gasteiger charge is 2.12. The van der Waals surface area contributed by atoms with E-state index in [2.05, 4.69) is 5.32 Å². The molecule has 0 heterocycles. The lowest BCUT2D eigenvalue weighted by Gasteiger charge is -2.16. The summed E-state index contributed by atoms with van der Waals surface area (Å²) < 4.78 is 0. The van der Waals surface area contributed by atoms with Crippen molar-refractivity contribution in [1.29, 1.82) is 0 Å². The summed E-state index contributed by atoms with van der Waals surface area (Å²) in [5.41, 5.74) is 5.80. The Morgan fingerprint density at radius 3 is 2.50 bits per heavy atom. The fourth-order valence-corrected chi connectivity index (χ4v) is 1.69. The zero-order valence-electron chi connectivity index (χ0n) is 10.9. The van der Waals surface area contributed by atoms with Gasteiger partial charge in [-0.15, -0.1) is 12.4 Å². The van der Waals surface area contributed by atoms with E-state index in [-0.39, 0.29) is 43.7 Å². The molecule has 0 aliphatic rings. The molecule has 112 valence electrons. The quantitative estimate of drug-likeness (QED) is 0.862. The topological polar surface area (TPSA) is 75.4 Å². The lowest BCUT2D eigenvalue weighted by Crippen LogP contribution is -2.35. The number of hydrogen-bond acceptors (Lipinski definition) is 3. The Morgan fingerprint density at radius 1 is 1.30 bits per heavy atom. The largest absolute Gasteiger partial charge is 0.336 e. The van der Waals surface area contributed by atoms with E-state index in [9.17, 15) is 9.59 Å². The van der Waals surface area contributed by atoms with Gasteiger partial charge in [-0.2, -0.15) is 0 Å². The second-order valence-corrected chi connectivity index (χ2v) is 4.78. The third-order valence-corrected chi connectivity index (χ3v) is 3.11. The summed E-state index contributed by atoms with van der Waals surface area (Å²) in [5, 5.41) is 3.40. The molecule has 0 saturated carbocycles. The second-order valence-electron chi connectivity index (χ2n) is 3.97. The first kappa shape index (κ1) is 19.0. The summed E-state index contributed by atoms with van der Waals surface area (Å²) in [4.78, 5) is 24.5. The molecule has 1 aromatic rings. The van der Waals surface area contributed by atoms with Crippen LogP contribution in [0, 0.1) is 0 Å². The highest BCUT2D eigenvalue weighted by molar-refractivity contribution is 6.42. The van der Waals surface area contributed by atoms with Crippen LogP contribution in [0.4, 0.5) is 5.69 Å². The van der Waals surface area contributed by atoms with Crippen LogP contribution < -0.4 is 11.1 Å². The molecule has 0 aliphatic carbocycles. The van der Waals surface area contributed by atoms with Crippen LogP contribution in [0.5, 0.6) is 0 Å². The van der Waals surface area contributed by atoms with Crippen LogP contribution in [0.25, 0.3) is 0 Å². The predicted octanol–water partition coefficient (Wildman–Crippen LogP) is 2.16. The van der Waals surface area contributed by atoms with Crippen LogP contribution >= 0.6 is 35.6 Å². The molecular weight excluding hydrogens is 325 g/mol.